The Hall–Kier alpha value is -3.00. The summed E-state index contributed by atoms with van der Waals surface area (Å²) < 4.78 is 29.8. The minimum Gasteiger partial charge on any atom is -0.354 e. The van der Waals surface area contributed by atoms with Gasteiger partial charge in [-0.3, -0.25) is 9.78 Å². The zero-order chi connectivity index (χ0) is 22.0. The van der Waals surface area contributed by atoms with E-state index in [1.165, 1.54) is 0 Å². The van der Waals surface area contributed by atoms with Crippen LogP contribution in [0.25, 0.3) is 4.91 Å². The maximum Gasteiger partial charge on any atom is 0.285 e. The van der Waals surface area contributed by atoms with Crippen molar-refractivity contribution in [3.05, 3.63) is 71.1 Å². The van der Waals surface area contributed by atoms with E-state index in [2.05, 4.69) is 9.38 Å². The largest absolute Gasteiger partial charge is 0.354 e. The van der Waals surface area contributed by atoms with E-state index in [-0.39, 0.29) is 10.8 Å². The summed E-state index contributed by atoms with van der Waals surface area (Å²) >= 11 is 0. The van der Waals surface area contributed by atoms with Crippen LogP contribution < -0.4 is 0 Å². The molecule has 2 aromatic rings. The van der Waals surface area contributed by atoms with Crippen molar-refractivity contribution in [2.45, 2.75) is 26.7 Å². The molecule has 0 N–H and O–H groups in total. The second-order valence-electron chi connectivity index (χ2n) is 7.97. The van der Waals surface area contributed by atoms with Gasteiger partial charge in [-0.2, -0.15) is 8.42 Å². The molecule has 1 aromatic heterocycles. The third-order valence-corrected chi connectivity index (χ3v) is 7.15. The quantitative estimate of drug-likeness (QED) is 0.736. The van der Waals surface area contributed by atoms with Gasteiger partial charge in [-0.15, -0.1) is 4.40 Å². The number of hydrogen-bond donors (Lipinski definition) is 0. The number of aromatic nitrogens is 1. The molecule has 3 heterocycles. The van der Waals surface area contributed by atoms with Gasteiger partial charge in [0.15, 0.2) is 0 Å². The molecular weight excluding hydrogens is 412 g/mol. The van der Waals surface area contributed by atoms with Crippen LogP contribution in [0.2, 0.25) is 0 Å². The van der Waals surface area contributed by atoms with Gasteiger partial charge in [-0.1, -0.05) is 35.9 Å². The molecule has 0 atom stereocenters. The first-order valence-electron chi connectivity index (χ1n) is 10.4. The van der Waals surface area contributed by atoms with Gasteiger partial charge >= 0.3 is 0 Å². The molecule has 1 fully saturated rings. The summed E-state index contributed by atoms with van der Waals surface area (Å²) in [5.41, 5.74) is 3.28. The zero-order valence-corrected chi connectivity index (χ0v) is 18.6. The number of aryl methyl sites for hydroxylation is 1. The van der Waals surface area contributed by atoms with E-state index >= 15 is 0 Å². The molecule has 0 saturated carbocycles. The lowest BCUT2D eigenvalue weighted by Gasteiger charge is -2.23. The summed E-state index contributed by atoms with van der Waals surface area (Å²) in [7, 11) is -3.74. The second kappa shape index (κ2) is 8.63. The van der Waals surface area contributed by atoms with Gasteiger partial charge in [0.2, 0.25) is 5.91 Å². The Bertz CT molecular complexity index is 1140. The standard InChI is InChI=1S/C23H26N4O3S/c1-17-6-8-20(9-7-17)22-18(2)23(25-31(22,29)30)27-12-4-11-26(13-14-27)21(28)15-19-5-3-10-24-16-19/h3,5-10,16H,4,11-15H2,1-2H3. The monoisotopic (exact) mass is 438 g/mol. The van der Waals surface area contributed by atoms with Gasteiger partial charge in [-0.05, 0) is 37.5 Å². The minimum absolute atomic E-state index is 0.0587. The van der Waals surface area contributed by atoms with Gasteiger partial charge in [0.25, 0.3) is 10.0 Å². The highest BCUT2D eigenvalue weighted by Crippen LogP contribution is 2.34. The lowest BCUT2D eigenvalue weighted by Crippen LogP contribution is -2.38. The number of benzene rings is 1. The summed E-state index contributed by atoms with van der Waals surface area (Å²) in [5, 5.41) is 0. The molecule has 0 spiro atoms. The van der Waals surface area contributed by atoms with E-state index in [4.69, 9.17) is 0 Å². The van der Waals surface area contributed by atoms with Crippen molar-refractivity contribution in [3.8, 4) is 0 Å². The molecular formula is C23H26N4O3S. The van der Waals surface area contributed by atoms with Crippen molar-refractivity contribution in [1.29, 1.82) is 0 Å². The van der Waals surface area contributed by atoms with Crippen molar-refractivity contribution >= 4 is 26.7 Å². The van der Waals surface area contributed by atoms with Crippen LogP contribution in [-0.4, -0.2) is 61.1 Å². The molecule has 0 unspecified atom stereocenters. The van der Waals surface area contributed by atoms with Crippen molar-refractivity contribution in [2.75, 3.05) is 26.2 Å². The zero-order valence-electron chi connectivity index (χ0n) is 17.8. The molecule has 1 aromatic carbocycles. The summed E-state index contributed by atoms with van der Waals surface area (Å²) in [4.78, 5) is 20.9. The lowest BCUT2D eigenvalue weighted by molar-refractivity contribution is -0.130. The van der Waals surface area contributed by atoms with Crippen LogP contribution in [0.3, 0.4) is 0 Å². The summed E-state index contributed by atoms with van der Waals surface area (Å²) in [5.74, 6) is 0.556. The molecule has 1 saturated heterocycles. The van der Waals surface area contributed by atoms with Gasteiger partial charge < -0.3 is 9.80 Å². The summed E-state index contributed by atoms with van der Waals surface area (Å²) in [6.45, 7) is 6.16. The Kier molecular flexibility index (Phi) is 5.91. The molecule has 2 aliphatic rings. The molecule has 0 radical (unpaired) electrons. The van der Waals surface area contributed by atoms with E-state index in [9.17, 15) is 13.2 Å². The number of carbonyl (C=O) groups is 1. The van der Waals surface area contributed by atoms with E-state index in [0.29, 0.717) is 49.6 Å². The van der Waals surface area contributed by atoms with Crippen LogP contribution in [0.4, 0.5) is 0 Å². The first kappa shape index (κ1) is 21.2. The number of sulfonamides is 1. The first-order chi connectivity index (χ1) is 14.8. The Morgan fingerprint density at radius 1 is 1.03 bits per heavy atom. The Labute approximate surface area is 183 Å². The predicted octanol–water partition coefficient (Wildman–Crippen LogP) is 2.64. The number of amides is 1. The topological polar surface area (TPSA) is 82.9 Å². The number of hydrogen-bond acceptors (Lipinski definition) is 5. The first-order valence-corrected chi connectivity index (χ1v) is 11.8. The van der Waals surface area contributed by atoms with E-state index in [1.807, 2.05) is 60.0 Å². The van der Waals surface area contributed by atoms with Crippen molar-refractivity contribution < 1.29 is 13.2 Å². The van der Waals surface area contributed by atoms with Gasteiger partial charge in [0.05, 0.1) is 6.42 Å². The van der Waals surface area contributed by atoms with Gasteiger partial charge in [0, 0.05) is 44.1 Å². The number of nitrogens with zero attached hydrogens (tertiary/aromatic N) is 4. The van der Waals surface area contributed by atoms with Gasteiger partial charge in [0.1, 0.15) is 10.7 Å². The Morgan fingerprint density at radius 2 is 1.81 bits per heavy atom. The summed E-state index contributed by atoms with van der Waals surface area (Å²) in [6.07, 6.45) is 4.47. The molecule has 8 heteroatoms. The number of carbonyl (C=O) groups excluding carboxylic acids is 1. The average Bonchev–Trinajstić information content (AvgIpc) is 2.90. The fourth-order valence-corrected chi connectivity index (χ4v) is 5.54. The van der Waals surface area contributed by atoms with Crippen LogP contribution in [0.1, 0.15) is 30.0 Å². The third-order valence-electron chi connectivity index (χ3n) is 5.68. The Morgan fingerprint density at radius 3 is 2.52 bits per heavy atom. The second-order valence-corrected chi connectivity index (χ2v) is 9.51. The fourth-order valence-electron chi connectivity index (χ4n) is 4.06. The molecule has 31 heavy (non-hydrogen) atoms. The van der Waals surface area contributed by atoms with Crippen LogP contribution in [-0.2, 0) is 21.2 Å². The van der Waals surface area contributed by atoms with Crippen LogP contribution in [0.5, 0.6) is 0 Å². The highest BCUT2D eigenvalue weighted by atomic mass is 32.2. The maximum atomic E-state index is 12.8. The highest BCUT2D eigenvalue weighted by molar-refractivity contribution is 8.00. The maximum absolute atomic E-state index is 12.8. The van der Waals surface area contributed by atoms with E-state index < -0.39 is 10.0 Å². The average molecular weight is 439 g/mol. The molecule has 162 valence electrons. The lowest BCUT2D eigenvalue weighted by atomic mass is 10.1. The third kappa shape index (κ3) is 4.54. The van der Waals surface area contributed by atoms with E-state index in [1.54, 1.807) is 12.4 Å². The number of pyridine rings is 1. The van der Waals surface area contributed by atoms with Crippen LogP contribution in [0.15, 0.2) is 58.8 Å². The summed E-state index contributed by atoms with van der Waals surface area (Å²) in [6, 6.07) is 11.2. The van der Waals surface area contributed by atoms with Crippen molar-refractivity contribution in [2.24, 2.45) is 4.40 Å². The normalized spacial score (nSPS) is 18.7. The number of rotatable bonds is 3. The molecule has 1 amide bonds. The molecule has 0 aliphatic carbocycles. The van der Waals surface area contributed by atoms with Crippen molar-refractivity contribution in [1.82, 2.24) is 14.8 Å². The molecule has 2 aliphatic heterocycles. The Balaban J connectivity index is 1.50. The van der Waals surface area contributed by atoms with Crippen LogP contribution >= 0.6 is 0 Å². The molecule has 7 nitrogen and oxygen atoms in total. The highest BCUT2D eigenvalue weighted by Gasteiger charge is 2.34. The van der Waals surface area contributed by atoms with E-state index in [0.717, 1.165) is 17.5 Å². The molecule has 0 bridgehead atoms. The van der Waals surface area contributed by atoms with Crippen LogP contribution in [0, 0.1) is 6.92 Å². The van der Waals surface area contributed by atoms with Crippen molar-refractivity contribution in [3.63, 3.8) is 0 Å². The number of amidine groups is 1. The fraction of sp³-hybridized carbons (Fsp3) is 0.348. The van der Waals surface area contributed by atoms with Gasteiger partial charge in [-0.25, -0.2) is 0 Å². The SMILES string of the molecule is CC1=C(c2ccc(C)cc2)S(=O)(=O)N=C1N1CCCN(C(=O)Cc2cccnc2)CC1. The molecule has 4 rings (SSSR count). The predicted molar refractivity (Wildman–Crippen MR) is 121 cm³/mol. The smallest absolute Gasteiger partial charge is 0.285 e. The minimum atomic E-state index is -3.74.